The maximum atomic E-state index is 12.2. The SMILES string of the molecule is O=C1CS[C@H](c2ccc[nH]c2=O)c2cnn(Cc3ccccc3)c2N1. The highest BCUT2D eigenvalue weighted by molar-refractivity contribution is 8.00. The molecule has 1 amide bonds. The molecule has 126 valence electrons. The summed E-state index contributed by atoms with van der Waals surface area (Å²) in [7, 11) is 0. The largest absolute Gasteiger partial charge is 0.329 e. The molecule has 3 heterocycles. The number of hydrogen-bond donors (Lipinski definition) is 2. The molecule has 1 aromatic carbocycles. The van der Waals surface area contributed by atoms with Gasteiger partial charge >= 0.3 is 0 Å². The van der Waals surface area contributed by atoms with E-state index in [4.69, 9.17) is 0 Å². The van der Waals surface area contributed by atoms with Gasteiger partial charge in [0.2, 0.25) is 5.91 Å². The zero-order valence-electron chi connectivity index (χ0n) is 13.3. The van der Waals surface area contributed by atoms with Gasteiger partial charge in [0.05, 0.1) is 23.7 Å². The van der Waals surface area contributed by atoms with Crippen molar-refractivity contribution in [3.63, 3.8) is 0 Å². The van der Waals surface area contributed by atoms with Crippen molar-refractivity contribution in [2.75, 3.05) is 11.1 Å². The van der Waals surface area contributed by atoms with Gasteiger partial charge in [-0.15, -0.1) is 11.8 Å². The summed E-state index contributed by atoms with van der Waals surface area (Å²) in [6.07, 6.45) is 3.35. The lowest BCUT2D eigenvalue weighted by Crippen LogP contribution is -2.16. The topological polar surface area (TPSA) is 79.8 Å². The number of rotatable bonds is 3. The van der Waals surface area contributed by atoms with Crippen molar-refractivity contribution >= 4 is 23.5 Å². The lowest BCUT2D eigenvalue weighted by molar-refractivity contribution is -0.113. The van der Waals surface area contributed by atoms with Crippen molar-refractivity contribution in [2.45, 2.75) is 11.8 Å². The summed E-state index contributed by atoms with van der Waals surface area (Å²) in [5.74, 6) is 0.863. The Kier molecular flexibility index (Phi) is 4.15. The smallest absolute Gasteiger partial charge is 0.252 e. The fourth-order valence-electron chi connectivity index (χ4n) is 2.92. The highest BCUT2D eigenvalue weighted by Crippen LogP contribution is 2.40. The number of nitrogens with one attached hydrogen (secondary N) is 2. The third kappa shape index (κ3) is 3.10. The third-order valence-electron chi connectivity index (χ3n) is 4.10. The molecule has 0 unspecified atom stereocenters. The Morgan fingerprint density at radius 3 is 2.76 bits per heavy atom. The van der Waals surface area contributed by atoms with Crippen molar-refractivity contribution in [1.82, 2.24) is 14.8 Å². The first kappa shape index (κ1) is 15.7. The standard InChI is InChI=1S/C18H16N4O2S/c23-15-11-25-16(13-7-4-8-19-18(13)24)14-9-20-22(17(14)21-15)10-12-5-2-1-3-6-12/h1-9,16H,10-11H2,(H,19,24)(H,21,23)/t16-/m1/s1. The quantitative estimate of drug-likeness (QED) is 0.759. The molecule has 2 N–H and O–H groups in total. The van der Waals surface area contributed by atoms with E-state index >= 15 is 0 Å². The van der Waals surface area contributed by atoms with Crippen LogP contribution in [0.1, 0.15) is 21.9 Å². The molecular weight excluding hydrogens is 336 g/mol. The van der Waals surface area contributed by atoms with E-state index in [1.165, 1.54) is 11.8 Å². The molecule has 0 aliphatic carbocycles. The first-order valence-electron chi connectivity index (χ1n) is 7.91. The Morgan fingerprint density at radius 1 is 1.12 bits per heavy atom. The third-order valence-corrected chi connectivity index (χ3v) is 5.37. The molecule has 1 aliphatic heterocycles. The zero-order valence-corrected chi connectivity index (χ0v) is 14.1. The van der Waals surface area contributed by atoms with Gasteiger partial charge in [0, 0.05) is 17.3 Å². The molecule has 0 fully saturated rings. The minimum absolute atomic E-state index is 0.0871. The summed E-state index contributed by atoms with van der Waals surface area (Å²) in [5.41, 5.74) is 2.43. The van der Waals surface area contributed by atoms with Crippen LogP contribution in [-0.2, 0) is 11.3 Å². The fraction of sp³-hybridized carbons (Fsp3) is 0.167. The minimum atomic E-state index is -0.233. The number of amides is 1. The molecule has 0 radical (unpaired) electrons. The molecule has 0 saturated heterocycles. The first-order chi connectivity index (χ1) is 12.2. The van der Waals surface area contributed by atoms with Gasteiger partial charge in [-0.25, -0.2) is 4.68 Å². The maximum absolute atomic E-state index is 12.2. The molecule has 4 rings (SSSR count). The van der Waals surface area contributed by atoms with Crippen LogP contribution in [0.15, 0.2) is 59.7 Å². The molecule has 3 aromatic rings. The highest BCUT2D eigenvalue weighted by atomic mass is 32.2. The van der Waals surface area contributed by atoms with Gasteiger partial charge in [-0.2, -0.15) is 5.10 Å². The van der Waals surface area contributed by atoms with E-state index < -0.39 is 0 Å². The molecule has 0 saturated carbocycles. The predicted octanol–water partition coefficient (Wildman–Crippen LogP) is 2.39. The second-order valence-electron chi connectivity index (χ2n) is 5.79. The van der Waals surface area contributed by atoms with E-state index in [0.29, 0.717) is 23.7 Å². The van der Waals surface area contributed by atoms with Crippen molar-refractivity contribution in [3.05, 3.63) is 81.9 Å². The molecule has 6 nitrogen and oxygen atoms in total. The fourth-order valence-corrected chi connectivity index (χ4v) is 4.03. The predicted molar refractivity (Wildman–Crippen MR) is 97.8 cm³/mol. The number of carbonyl (C=O) groups excluding carboxylic acids is 1. The van der Waals surface area contributed by atoms with Gasteiger partial charge in [-0.05, 0) is 11.6 Å². The van der Waals surface area contributed by atoms with Crippen LogP contribution in [0.3, 0.4) is 0 Å². The number of fused-ring (bicyclic) bond motifs is 1. The monoisotopic (exact) mass is 352 g/mol. The molecule has 2 aromatic heterocycles. The molecule has 1 atom stereocenters. The lowest BCUT2D eigenvalue weighted by Gasteiger charge is -2.13. The number of H-pyrrole nitrogens is 1. The molecule has 1 aliphatic rings. The van der Waals surface area contributed by atoms with Gasteiger partial charge in [0.1, 0.15) is 5.82 Å². The molecular formula is C18H16N4O2S. The van der Waals surface area contributed by atoms with Crippen LogP contribution in [0.5, 0.6) is 0 Å². The van der Waals surface area contributed by atoms with Crippen LogP contribution in [0, 0.1) is 0 Å². The van der Waals surface area contributed by atoms with Gasteiger partial charge < -0.3 is 10.3 Å². The maximum Gasteiger partial charge on any atom is 0.252 e. The number of aromatic amines is 1. The van der Waals surface area contributed by atoms with E-state index in [-0.39, 0.29) is 16.7 Å². The number of aromatic nitrogens is 3. The Bertz CT molecular complexity index is 964. The number of nitrogens with zero attached hydrogens (tertiary/aromatic N) is 2. The van der Waals surface area contributed by atoms with Crippen LogP contribution in [0.2, 0.25) is 0 Å². The Balaban J connectivity index is 1.77. The van der Waals surface area contributed by atoms with E-state index in [0.717, 1.165) is 11.1 Å². The normalized spacial score (nSPS) is 16.8. The summed E-state index contributed by atoms with van der Waals surface area (Å²) >= 11 is 1.44. The first-order valence-corrected chi connectivity index (χ1v) is 8.96. The lowest BCUT2D eigenvalue weighted by atomic mass is 10.1. The summed E-state index contributed by atoms with van der Waals surface area (Å²) in [6.45, 7) is 0.555. The zero-order chi connectivity index (χ0) is 17.2. The van der Waals surface area contributed by atoms with Gasteiger partial charge in [0.15, 0.2) is 0 Å². The Hall–Kier alpha value is -2.80. The Morgan fingerprint density at radius 2 is 1.96 bits per heavy atom. The number of pyridine rings is 1. The van der Waals surface area contributed by atoms with Gasteiger partial charge in [-0.3, -0.25) is 9.59 Å². The summed E-state index contributed by atoms with van der Waals surface area (Å²) in [4.78, 5) is 27.1. The van der Waals surface area contributed by atoms with Crippen LogP contribution < -0.4 is 10.9 Å². The van der Waals surface area contributed by atoms with Crippen molar-refractivity contribution in [3.8, 4) is 0 Å². The number of hydrogen-bond acceptors (Lipinski definition) is 4. The van der Waals surface area contributed by atoms with E-state index in [1.54, 1.807) is 29.2 Å². The van der Waals surface area contributed by atoms with E-state index in [1.807, 2.05) is 30.3 Å². The van der Waals surface area contributed by atoms with E-state index in [2.05, 4.69) is 15.4 Å². The van der Waals surface area contributed by atoms with E-state index in [9.17, 15) is 9.59 Å². The molecule has 0 bridgehead atoms. The summed E-state index contributed by atoms with van der Waals surface area (Å²) in [5, 5.41) is 7.16. The molecule has 25 heavy (non-hydrogen) atoms. The number of benzene rings is 1. The minimum Gasteiger partial charge on any atom is -0.329 e. The summed E-state index contributed by atoms with van der Waals surface area (Å²) < 4.78 is 1.78. The van der Waals surface area contributed by atoms with Crippen molar-refractivity contribution < 1.29 is 4.79 Å². The van der Waals surface area contributed by atoms with Crippen LogP contribution in [0.4, 0.5) is 5.82 Å². The van der Waals surface area contributed by atoms with Crippen LogP contribution in [-0.4, -0.2) is 26.4 Å². The number of anilines is 1. The van der Waals surface area contributed by atoms with Crippen molar-refractivity contribution in [2.24, 2.45) is 0 Å². The Labute approximate surface area is 148 Å². The average molecular weight is 352 g/mol. The molecule has 7 heteroatoms. The number of carbonyl (C=O) groups is 1. The second-order valence-corrected chi connectivity index (χ2v) is 6.88. The average Bonchev–Trinajstić information content (AvgIpc) is 2.91. The molecule has 0 spiro atoms. The number of thioether (sulfide) groups is 1. The van der Waals surface area contributed by atoms with Crippen LogP contribution >= 0.6 is 11.8 Å². The highest BCUT2D eigenvalue weighted by Gasteiger charge is 2.29. The van der Waals surface area contributed by atoms with Gasteiger partial charge in [-0.1, -0.05) is 36.4 Å². The summed E-state index contributed by atoms with van der Waals surface area (Å²) in [6, 6.07) is 13.5. The van der Waals surface area contributed by atoms with Crippen molar-refractivity contribution in [1.29, 1.82) is 0 Å². The second kappa shape index (κ2) is 6.60. The van der Waals surface area contributed by atoms with Crippen LogP contribution in [0.25, 0.3) is 0 Å². The van der Waals surface area contributed by atoms with Gasteiger partial charge in [0.25, 0.3) is 5.56 Å².